The molecule has 0 aliphatic heterocycles. The van der Waals surface area contributed by atoms with Crippen molar-refractivity contribution in [1.29, 1.82) is 0 Å². The summed E-state index contributed by atoms with van der Waals surface area (Å²) in [5, 5.41) is 0.503. The zero-order valence-electron chi connectivity index (χ0n) is 9.99. The fourth-order valence-electron chi connectivity index (χ4n) is 1.77. The zero-order valence-corrected chi connectivity index (χ0v) is 10.7. The van der Waals surface area contributed by atoms with E-state index in [0.29, 0.717) is 29.1 Å². The number of halogens is 2. The van der Waals surface area contributed by atoms with Crippen molar-refractivity contribution in [3.63, 3.8) is 0 Å². The minimum atomic E-state index is -0.295. The number of carbonyl (C=O) groups excluding carboxylic acids is 1. The van der Waals surface area contributed by atoms with Gasteiger partial charge in [-0.15, -0.1) is 0 Å². The standard InChI is InChI=1S/C14H13ClFNO/c1-2-14(18)10-5-6-17(8-10)9-11-7-12(15)3-4-13(11)16/h3-8H,2,9H2,1H3. The monoisotopic (exact) mass is 265 g/mol. The van der Waals surface area contributed by atoms with E-state index in [9.17, 15) is 9.18 Å². The number of benzene rings is 1. The number of carbonyl (C=O) groups is 1. The normalized spacial score (nSPS) is 10.6. The number of hydrogen-bond donors (Lipinski definition) is 0. The van der Waals surface area contributed by atoms with Gasteiger partial charge in [0.15, 0.2) is 5.78 Å². The Morgan fingerprint density at radius 3 is 2.89 bits per heavy atom. The van der Waals surface area contributed by atoms with Gasteiger partial charge in [0.1, 0.15) is 5.82 Å². The smallest absolute Gasteiger partial charge is 0.164 e. The molecule has 0 N–H and O–H groups in total. The van der Waals surface area contributed by atoms with E-state index >= 15 is 0 Å². The lowest BCUT2D eigenvalue weighted by Crippen LogP contribution is -2.00. The van der Waals surface area contributed by atoms with E-state index in [1.54, 1.807) is 29.1 Å². The first-order valence-electron chi connectivity index (χ1n) is 5.73. The largest absolute Gasteiger partial charge is 0.349 e. The maximum atomic E-state index is 13.5. The van der Waals surface area contributed by atoms with E-state index in [0.717, 1.165) is 0 Å². The number of Topliss-reactive ketones (excluding diaryl/α,β-unsaturated/α-hetero) is 1. The van der Waals surface area contributed by atoms with Gasteiger partial charge in [-0.3, -0.25) is 4.79 Å². The fourth-order valence-corrected chi connectivity index (χ4v) is 1.96. The van der Waals surface area contributed by atoms with Crippen LogP contribution in [0.2, 0.25) is 5.02 Å². The first kappa shape index (κ1) is 12.8. The van der Waals surface area contributed by atoms with Gasteiger partial charge in [0.2, 0.25) is 0 Å². The van der Waals surface area contributed by atoms with Gasteiger partial charge in [-0.1, -0.05) is 18.5 Å². The van der Waals surface area contributed by atoms with Crippen molar-refractivity contribution in [2.75, 3.05) is 0 Å². The van der Waals surface area contributed by atoms with Crippen LogP contribution in [-0.2, 0) is 6.54 Å². The van der Waals surface area contributed by atoms with Gasteiger partial charge in [-0.2, -0.15) is 0 Å². The minimum Gasteiger partial charge on any atom is -0.349 e. The highest BCUT2D eigenvalue weighted by Gasteiger charge is 2.07. The number of rotatable bonds is 4. The Morgan fingerprint density at radius 1 is 1.39 bits per heavy atom. The van der Waals surface area contributed by atoms with Crippen LogP contribution in [0.1, 0.15) is 29.3 Å². The van der Waals surface area contributed by atoms with Crippen LogP contribution < -0.4 is 0 Å². The number of hydrogen-bond acceptors (Lipinski definition) is 1. The third-order valence-corrected chi connectivity index (χ3v) is 2.99. The molecule has 0 radical (unpaired) electrons. The molecule has 0 bridgehead atoms. The molecule has 0 aliphatic carbocycles. The molecule has 0 aliphatic rings. The maximum Gasteiger partial charge on any atom is 0.164 e. The Labute approximate surface area is 110 Å². The third-order valence-electron chi connectivity index (χ3n) is 2.75. The van der Waals surface area contributed by atoms with Crippen LogP contribution in [0, 0.1) is 5.82 Å². The van der Waals surface area contributed by atoms with Crippen molar-refractivity contribution in [2.24, 2.45) is 0 Å². The quantitative estimate of drug-likeness (QED) is 0.768. The van der Waals surface area contributed by atoms with E-state index in [1.807, 2.05) is 6.92 Å². The average Bonchev–Trinajstić information content (AvgIpc) is 2.81. The van der Waals surface area contributed by atoms with Gasteiger partial charge in [0, 0.05) is 41.5 Å². The lowest BCUT2D eigenvalue weighted by molar-refractivity contribution is 0.0988. The highest BCUT2D eigenvalue weighted by atomic mass is 35.5. The number of aromatic nitrogens is 1. The van der Waals surface area contributed by atoms with Crippen LogP contribution in [0.15, 0.2) is 36.7 Å². The van der Waals surface area contributed by atoms with Gasteiger partial charge in [-0.25, -0.2) is 4.39 Å². The van der Waals surface area contributed by atoms with Crippen molar-refractivity contribution < 1.29 is 9.18 Å². The highest BCUT2D eigenvalue weighted by molar-refractivity contribution is 6.30. The van der Waals surface area contributed by atoms with E-state index in [1.165, 1.54) is 12.1 Å². The molecule has 4 heteroatoms. The molecular weight excluding hydrogens is 253 g/mol. The van der Waals surface area contributed by atoms with Gasteiger partial charge in [0.25, 0.3) is 0 Å². The van der Waals surface area contributed by atoms with E-state index in [-0.39, 0.29) is 11.6 Å². The fraction of sp³-hybridized carbons (Fsp3) is 0.214. The number of nitrogens with zero attached hydrogens (tertiary/aromatic N) is 1. The summed E-state index contributed by atoms with van der Waals surface area (Å²) in [6.45, 7) is 2.18. The summed E-state index contributed by atoms with van der Waals surface area (Å²) in [4.78, 5) is 11.5. The second-order valence-corrected chi connectivity index (χ2v) is 4.52. The predicted molar refractivity (Wildman–Crippen MR) is 69.6 cm³/mol. The van der Waals surface area contributed by atoms with Crippen molar-refractivity contribution in [3.8, 4) is 0 Å². The van der Waals surface area contributed by atoms with Crippen molar-refractivity contribution in [1.82, 2.24) is 4.57 Å². The lowest BCUT2D eigenvalue weighted by atomic mass is 10.2. The van der Waals surface area contributed by atoms with Crippen molar-refractivity contribution in [2.45, 2.75) is 19.9 Å². The summed E-state index contributed by atoms with van der Waals surface area (Å²) in [6, 6.07) is 6.20. The molecule has 0 saturated carbocycles. The molecule has 0 amide bonds. The van der Waals surface area contributed by atoms with E-state index in [2.05, 4.69) is 0 Å². The van der Waals surface area contributed by atoms with Crippen LogP contribution in [0.3, 0.4) is 0 Å². The first-order valence-corrected chi connectivity index (χ1v) is 6.11. The molecule has 2 nitrogen and oxygen atoms in total. The SMILES string of the molecule is CCC(=O)c1ccn(Cc2cc(Cl)ccc2F)c1. The maximum absolute atomic E-state index is 13.5. The van der Waals surface area contributed by atoms with Gasteiger partial charge < -0.3 is 4.57 Å². The topological polar surface area (TPSA) is 22.0 Å². The van der Waals surface area contributed by atoms with E-state index < -0.39 is 0 Å². The molecule has 2 rings (SSSR count). The Bertz CT molecular complexity index is 577. The molecule has 0 atom stereocenters. The Balaban J connectivity index is 2.21. The summed E-state index contributed by atoms with van der Waals surface area (Å²) in [5.74, 6) is -0.211. The average molecular weight is 266 g/mol. The zero-order chi connectivity index (χ0) is 13.1. The van der Waals surface area contributed by atoms with Crippen LogP contribution in [0.4, 0.5) is 4.39 Å². The Morgan fingerprint density at radius 2 is 2.17 bits per heavy atom. The van der Waals surface area contributed by atoms with Gasteiger partial charge in [0.05, 0.1) is 0 Å². The lowest BCUT2D eigenvalue weighted by Gasteiger charge is -2.05. The highest BCUT2D eigenvalue weighted by Crippen LogP contribution is 2.16. The third kappa shape index (κ3) is 2.79. The van der Waals surface area contributed by atoms with E-state index in [4.69, 9.17) is 11.6 Å². The number of ketones is 1. The molecule has 1 aromatic heterocycles. The molecule has 94 valence electrons. The summed E-state index contributed by atoms with van der Waals surface area (Å²) in [6.07, 6.45) is 3.96. The van der Waals surface area contributed by atoms with Crippen LogP contribution >= 0.6 is 11.6 Å². The van der Waals surface area contributed by atoms with Gasteiger partial charge in [-0.05, 0) is 24.3 Å². The second kappa shape index (κ2) is 5.36. The molecule has 2 aromatic rings. The summed E-state index contributed by atoms with van der Waals surface area (Å²) < 4.78 is 15.3. The molecule has 1 heterocycles. The molecule has 1 aromatic carbocycles. The molecule has 0 fully saturated rings. The summed E-state index contributed by atoms with van der Waals surface area (Å²) in [7, 11) is 0. The Hall–Kier alpha value is -1.61. The van der Waals surface area contributed by atoms with Crippen LogP contribution in [-0.4, -0.2) is 10.4 Å². The van der Waals surface area contributed by atoms with Crippen molar-refractivity contribution >= 4 is 17.4 Å². The molecule has 0 unspecified atom stereocenters. The molecular formula is C14H13ClFNO. The second-order valence-electron chi connectivity index (χ2n) is 4.08. The predicted octanol–water partition coefficient (Wildman–Crippen LogP) is 3.92. The van der Waals surface area contributed by atoms with Gasteiger partial charge >= 0.3 is 0 Å². The molecule has 0 saturated heterocycles. The van der Waals surface area contributed by atoms with Crippen LogP contribution in [0.5, 0.6) is 0 Å². The Kier molecular flexibility index (Phi) is 3.82. The minimum absolute atomic E-state index is 0.0836. The summed E-state index contributed by atoms with van der Waals surface area (Å²) in [5.41, 5.74) is 1.16. The molecule has 18 heavy (non-hydrogen) atoms. The molecule has 0 spiro atoms. The first-order chi connectivity index (χ1) is 8.60. The van der Waals surface area contributed by atoms with Crippen LogP contribution in [0.25, 0.3) is 0 Å². The van der Waals surface area contributed by atoms with Crippen molar-refractivity contribution in [3.05, 3.63) is 58.6 Å². The summed E-state index contributed by atoms with van der Waals surface area (Å²) >= 11 is 5.83.